The molecule has 0 bridgehead atoms. The molecule has 0 unspecified atom stereocenters. The van der Waals surface area contributed by atoms with Gasteiger partial charge in [-0.1, -0.05) is 22.0 Å². The molecular formula is C13H10BrN3. The highest BCUT2D eigenvalue weighted by atomic mass is 79.9. The summed E-state index contributed by atoms with van der Waals surface area (Å²) < 4.78 is 1.08. The van der Waals surface area contributed by atoms with Gasteiger partial charge in [-0.05, 0) is 30.3 Å². The van der Waals surface area contributed by atoms with Gasteiger partial charge in [-0.15, -0.1) is 0 Å². The van der Waals surface area contributed by atoms with Crippen LogP contribution in [0.4, 0.5) is 5.82 Å². The van der Waals surface area contributed by atoms with Gasteiger partial charge in [0.05, 0.1) is 0 Å². The van der Waals surface area contributed by atoms with Crippen molar-refractivity contribution in [3.05, 3.63) is 47.1 Å². The summed E-state index contributed by atoms with van der Waals surface area (Å²) >= 11 is 3.54. The lowest BCUT2D eigenvalue weighted by molar-refractivity contribution is 1.32. The zero-order chi connectivity index (χ0) is 11.8. The van der Waals surface area contributed by atoms with Gasteiger partial charge in [0.25, 0.3) is 0 Å². The van der Waals surface area contributed by atoms with Gasteiger partial charge in [-0.2, -0.15) is 0 Å². The van der Waals surface area contributed by atoms with Crippen LogP contribution in [0.25, 0.3) is 22.2 Å². The molecule has 84 valence electrons. The molecule has 2 aromatic heterocycles. The van der Waals surface area contributed by atoms with Gasteiger partial charge < -0.3 is 10.7 Å². The second kappa shape index (κ2) is 3.89. The molecule has 2 heterocycles. The lowest BCUT2D eigenvalue weighted by Gasteiger charge is -1.97. The summed E-state index contributed by atoms with van der Waals surface area (Å²) in [7, 11) is 0. The summed E-state index contributed by atoms with van der Waals surface area (Å²) in [5.74, 6) is 0.533. The van der Waals surface area contributed by atoms with E-state index in [0.29, 0.717) is 5.82 Å². The number of nitrogens with zero attached hydrogens (tertiary/aromatic N) is 1. The van der Waals surface area contributed by atoms with Crippen LogP contribution in [0.15, 0.2) is 47.1 Å². The summed E-state index contributed by atoms with van der Waals surface area (Å²) in [5.41, 5.74) is 8.75. The molecule has 0 spiro atoms. The molecule has 0 aliphatic heterocycles. The van der Waals surface area contributed by atoms with E-state index in [0.717, 1.165) is 21.2 Å². The molecule has 3 aromatic rings. The van der Waals surface area contributed by atoms with Crippen LogP contribution < -0.4 is 5.73 Å². The highest BCUT2D eigenvalue weighted by Gasteiger charge is 2.05. The number of hydrogen-bond donors (Lipinski definition) is 2. The number of H-pyrrole nitrogens is 1. The first-order valence-corrected chi connectivity index (χ1v) is 6.02. The predicted octanol–water partition coefficient (Wildman–Crippen LogP) is 3.57. The number of halogens is 1. The number of nitrogens with two attached hydrogens (primary N) is 1. The van der Waals surface area contributed by atoms with E-state index in [1.807, 2.05) is 24.3 Å². The van der Waals surface area contributed by atoms with Crippen LogP contribution in [0.1, 0.15) is 0 Å². The molecule has 0 saturated heterocycles. The van der Waals surface area contributed by atoms with E-state index in [2.05, 4.69) is 32.0 Å². The second-order valence-corrected chi connectivity index (χ2v) is 4.71. The number of anilines is 1. The summed E-state index contributed by atoms with van der Waals surface area (Å²) in [4.78, 5) is 7.46. The minimum Gasteiger partial charge on any atom is -0.384 e. The van der Waals surface area contributed by atoms with Crippen LogP contribution in [-0.2, 0) is 0 Å². The van der Waals surface area contributed by atoms with Crippen LogP contribution in [0, 0.1) is 0 Å². The smallest absolute Gasteiger partial charge is 0.123 e. The van der Waals surface area contributed by atoms with E-state index >= 15 is 0 Å². The summed E-state index contributed by atoms with van der Waals surface area (Å²) in [5, 5.41) is 1.17. The summed E-state index contributed by atoms with van der Waals surface area (Å²) in [6, 6.07) is 12.0. The zero-order valence-electron chi connectivity index (χ0n) is 8.94. The number of aromatic amines is 1. The van der Waals surface area contributed by atoms with Crippen LogP contribution in [0.3, 0.4) is 0 Å². The highest BCUT2D eigenvalue weighted by Crippen LogP contribution is 2.28. The van der Waals surface area contributed by atoms with E-state index in [1.165, 1.54) is 5.39 Å². The lowest BCUT2D eigenvalue weighted by atomic mass is 10.2. The van der Waals surface area contributed by atoms with Crippen molar-refractivity contribution in [2.75, 3.05) is 5.73 Å². The molecule has 1 aromatic carbocycles. The number of rotatable bonds is 1. The fourth-order valence-corrected chi connectivity index (χ4v) is 2.32. The Balaban J connectivity index is 2.18. The zero-order valence-corrected chi connectivity index (χ0v) is 10.5. The van der Waals surface area contributed by atoms with Gasteiger partial charge in [0.1, 0.15) is 5.82 Å². The molecule has 0 atom stereocenters. The Morgan fingerprint density at radius 2 is 2.06 bits per heavy atom. The molecule has 3 rings (SSSR count). The first-order chi connectivity index (χ1) is 8.24. The number of nitrogens with one attached hydrogen (secondary N) is 1. The predicted molar refractivity (Wildman–Crippen MR) is 73.6 cm³/mol. The van der Waals surface area contributed by atoms with Gasteiger partial charge in [0, 0.05) is 32.8 Å². The molecule has 17 heavy (non-hydrogen) atoms. The number of fused-ring (bicyclic) bond motifs is 1. The third-order valence-corrected chi connectivity index (χ3v) is 3.40. The maximum atomic E-state index is 5.58. The number of aromatic nitrogens is 2. The molecule has 0 fully saturated rings. The van der Waals surface area contributed by atoms with Gasteiger partial charge in [0.2, 0.25) is 0 Å². The molecule has 3 N–H and O–H groups in total. The van der Waals surface area contributed by atoms with Gasteiger partial charge in [-0.25, -0.2) is 4.98 Å². The number of nitrogen functional groups attached to an aromatic ring is 1. The number of pyridine rings is 1. The quantitative estimate of drug-likeness (QED) is 0.719. The summed E-state index contributed by atoms with van der Waals surface area (Å²) in [6.07, 6.45) is 1.77. The fourth-order valence-electron chi connectivity index (χ4n) is 1.84. The van der Waals surface area contributed by atoms with Gasteiger partial charge >= 0.3 is 0 Å². The molecule has 4 heteroatoms. The Labute approximate surface area is 107 Å². The van der Waals surface area contributed by atoms with Gasteiger partial charge in [-0.3, -0.25) is 0 Å². The molecular weight excluding hydrogens is 278 g/mol. The van der Waals surface area contributed by atoms with E-state index in [-0.39, 0.29) is 0 Å². The van der Waals surface area contributed by atoms with Crippen molar-refractivity contribution in [2.24, 2.45) is 0 Å². The third-order valence-electron chi connectivity index (χ3n) is 2.71. The van der Waals surface area contributed by atoms with Crippen LogP contribution in [-0.4, -0.2) is 9.97 Å². The molecule has 0 radical (unpaired) electrons. The molecule has 3 nitrogen and oxygen atoms in total. The minimum atomic E-state index is 0.533. The normalized spacial score (nSPS) is 10.9. The Morgan fingerprint density at radius 1 is 1.18 bits per heavy atom. The van der Waals surface area contributed by atoms with Crippen molar-refractivity contribution in [2.45, 2.75) is 0 Å². The summed E-state index contributed by atoms with van der Waals surface area (Å²) in [6.45, 7) is 0. The average Bonchev–Trinajstić information content (AvgIpc) is 2.75. The van der Waals surface area contributed by atoms with Crippen LogP contribution in [0.5, 0.6) is 0 Å². The minimum absolute atomic E-state index is 0.533. The Kier molecular flexibility index (Phi) is 2.37. The maximum absolute atomic E-state index is 5.58. The Bertz CT molecular complexity index is 671. The SMILES string of the molecule is Nc1ccc(-c2cc3c(Br)cccc3[nH]2)cn1. The molecule has 0 aliphatic rings. The van der Waals surface area contributed by atoms with Crippen molar-refractivity contribution in [1.29, 1.82) is 0 Å². The van der Waals surface area contributed by atoms with E-state index in [9.17, 15) is 0 Å². The first-order valence-electron chi connectivity index (χ1n) is 5.23. The van der Waals surface area contributed by atoms with Crippen molar-refractivity contribution in [3.63, 3.8) is 0 Å². The largest absolute Gasteiger partial charge is 0.384 e. The van der Waals surface area contributed by atoms with Crippen LogP contribution in [0.2, 0.25) is 0 Å². The van der Waals surface area contributed by atoms with E-state index in [4.69, 9.17) is 5.73 Å². The van der Waals surface area contributed by atoms with Crippen molar-refractivity contribution >= 4 is 32.7 Å². The van der Waals surface area contributed by atoms with Crippen molar-refractivity contribution in [1.82, 2.24) is 9.97 Å². The van der Waals surface area contributed by atoms with Crippen molar-refractivity contribution in [3.8, 4) is 11.3 Å². The third kappa shape index (κ3) is 1.80. The van der Waals surface area contributed by atoms with Crippen molar-refractivity contribution < 1.29 is 0 Å². The van der Waals surface area contributed by atoms with E-state index < -0.39 is 0 Å². The Hall–Kier alpha value is -1.81. The average molecular weight is 288 g/mol. The standard InChI is InChI=1S/C13H10BrN3/c14-10-2-1-3-11-9(10)6-12(17-11)8-4-5-13(15)16-7-8/h1-7,17H,(H2,15,16). The second-order valence-electron chi connectivity index (χ2n) is 3.86. The van der Waals surface area contributed by atoms with Crippen LogP contribution >= 0.6 is 15.9 Å². The monoisotopic (exact) mass is 287 g/mol. The van der Waals surface area contributed by atoms with Gasteiger partial charge in [0.15, 0.2) is 0 Å². The topological polar surface area (TPSA) is 54.7 Å². The highest BCUT2D eigenvalue weighted by molar-refractivity contribution is 9.10. The first kappa shape index (κ1) is 10.4. The molecule has 0 aliphatic carbocycles. The maximum Gasteiger partial charge on any atom is 0.123 e. The number of hydrogen-bond acceptors (Lipinski definition) is 2. The lowest BCUT2D eigenvalue weighted by Crippen LogP contribution is -1.88. The Morgan fingerprint density at radius 3 is 2.76 bits per heavy atom. The van der Waals surface area contributed by atoms with E-state index in [1.54, 1.807) is 12.3 Å². The number of benzene rings is 1. The molecule has 0 amide bonds. The molecule has 0 saturated carbocycles. The fraction of sp³-hybridized carbons (Fsp3) is 0.